The van der Waals surface area contributed by atoms with E-state index in [1.807, 2.05) is 17.9 Å². The van der Waals surface area contributed by atoms with E-state index < -0.39 is 17.4 Å². The number of aromatic nitrogens is 2. The molecular formula is C22H27N5O4. The number of rotatable bonds is 4. The average Bonchev–Trinajstić information content (AvgIpc) is 2.73. The summed E-state index contributed by atoms with van der Waals surface area (Å²) < 4.78 is 5.31. The SMILES string of the molecule is COc1ccc(C)cc1NC(=O)[C@H]1CC(=O)Nc2nc(N3CCC[C@H](C)C3)[nH]c(=O)c21. The summed E-state index contributed by atoms with van der Waals surface area (Å²) in [5.74, 6) is -0.166. The lowest BCUT2D eigenvalue weighted by molar-refractivity contribution is -0.123. The molecule has 164 valence electrons. The van der Waals surface area contributed by atoms with Crippen LogP contribution in [0.5, 0.6) is 5.75 Å². The number of aromatic amines is 1. The quantitative estimate of drug-likeness (QED) is 0.693. The summed E-state index contributed by atoms with van der Waals surface area (Å²) in [7, 11) is 1.52. The summed E-state index contributed by atoms with van der Waals surface area (Å²) in [4.78, 5) is 47.8. The number of hydrogen-bond acceptors (Lipinski definition) is 6. The first-order valence-corrected chi connectivity index (χ1v) is 10.5. The third-order valence-corrected chi connectivity index (χ3v) is 5.82. The fourth-order valence-electron chi connectivity index (χ4n) is 4.25. The maximum absolute atomic E-state index is 13.1. The second kappa shape index (κ2) is 8.41. The minimum atomic E-state index is -0.945. The highest BCUT2D eigenvalue weighted by Crippen LogP contribution is 2.32. The predicted molar refractivity (Wildman–Crippen MR) is 118 cm³/mol. The second-order valence-electron chi connectivity index (χ2n) is 8.34. The van der Waals surface area contributed by atoms with Crippen LogP contribution in [0.1, 0.15) is 43.2 Å². The average molecular weight is 425 g/mol. The number of fused-ring (bicyclic) bond motifs is 1. The highest BCUT2D eigenvalue weighted by Gasteiger charge is 2.35. The van der Waals surface area contributed by atoms with E-state index in [1.165, 1.54) is 7.11 Å². The van der Waals surface area contributed by atoms with E-state index in [0.29, 0.717) is 23.3 Å². The number of nitrogens with zero attached hydrogens (tertiary/aromatic N) is 2. The summed E-state index contributed by atoms with van der Waals surface area (Å²) in [6, 6.07) is 5.41. The first-order chi connectivity index (χ1) is 14.9. The molecule has 2 aliphatic heterocycles. The Kier molecular flexibility index (Phi) is 5.67. The van der Waals surface area contributed by atoms with Crippen LogP contribution >= 0.6 is 0 Å². The largest absolute Gasteiger partial charge is 0.495 e. The van der Waals surface area contributed by atoms with Gasteiger partial charge in [-0.2, -0.15) is 4.98 Å². The molecule has 1 saturated heterocycles. The van der Waals surface area contributed by atoms with Crippen LogP contribution in [0.25, 0.3) is 0 Å². The van der Waals surface area contributed by atoms with Crippen LogP contribution in [0, 0.1) is 12.8 Å². The Morgan fingerprint density at radius 1 is 1.32 bits per heavy atom. The molecule has 0 saturated carbocycles. The molecule has 31 heavy (non-hydrogen) atoms. The zero-order chi connectivity index (χ0) is 22.1. The number of hydrogen-bond donors (Lipinski definition) is 3. The number of benzene rings is 1. The van der Waals surface area contributed by atoms with Crippen molar-refractivity contribution in [3.8, 4) is 5.75 Å². The molecule has 3 N–H and O–H groups in total. The zero-order valence-electron chi connectivity index (χ0n) is 17.9. The van der Waals surface area contributed by atoms with Crippen molar-refractivity contribution in [2.45, 2.75) is 39.0 Å². The minimum absolute atomic E-state index is 0.127. The van der Waals surface area contributed by atoms with Gasteiger partial charge >= 0.3 is 0 Å². The van der Waals surface area contributed by atoms with Gasteiger partial charge in [-0.25, -0.2) is 0 Å². The van der Waals surface area contributed by atoms with Gasteiger partial charge in [0.25, 0.3) is 5.56 Å². The number of amides is 2. The number of anilines is 3. The van der Waals surface area contributed by atoms with Gasteiger partial charge in [0.05, 0.1) is 24.3 Å². The van der Waals surface area contributed by atoms with Gasteiger partial charge in [0.1, 0.15) is 11.6 Å². The normalized spacial score (nSPS) is 20.6. The van der Waals surface area contributed by atoms with Crippen LogP contribution in [-0.2, 0) is 9.59 Å². The van der Waals surface area contributed by atoms with E-state index in [1.54, 1.807) is 12.1 Å². The fourth-order valence-corrected chi connectivity index (χ4v) is 4.25. The lowest BCUT2D eigenvalue weighted by Gasteiger charge is -2.32. The van der Waals surface area contributed by atoms with Crippen molar-refractivity contribution in [1.82, 2.24) is 9.97 Å². The highest BCUT2D eigenvalue weighted by molar-refractivity contribution is 6.05. The maximum atomic E-state index is 13.1. The second-order valence-corrected chi connectivity index (χ2v) is 8.34. The summed E-state index contributed by atoms with van der Waals surface area (Å²) in [6.45, 7) is 5.63. The van der Waals surface area contributed by atoms with Gasteiger partial charge in [-0.05, 0) is 43.4 Å². The molecule has 0 unspecified atom stereocenters. The van der Waals surface area contributed by atoms with E-state index in [0.717, 1.165) is 31.5 Å². The summed E-state index contributed by atoms with van der Waals surface area (Å²) in [5.41, 5.74) is 1.20. The molecule has 0 spiro atoms. The van der Waals surface area contributed by atoms with Crippen molar-refractivity contribution in [1.29, 1.82) is 0 Å². The Morgan fingerprint density at radius 2 is 2.13 bits per heavy atom. The van der Waals surface area contributed by atoms with Crippen molar-refractivity contribution in [2.75, 3.05) is 35.7 Å². The Hall–Kier alpha value is -3.36. The smallest absolute Gasteiger partial charge is 0.258 e. The molecule has 0 bridgehead atoms. The molecule has 9 nitrogen and oxygen atoms in total. The molecule has 2 atom stereocenters. The Balaban J connectivity index is 1.66. The van der Waals surface area contributed by atoms with Crippen LogP contribution in [0.15, 0.2) is 23.0 Å². The van der Waals surface area contributed by atoms with E-state index in [2.05, 4.69) is 27.5 Å². The van der Waals surface area contributed by atoms with Crippen molar-refractivity contribution >= 4 is 29.3 Å². The molecule has 1 aromatic carbocycles. The molecule has 9 heteroatoms. The van der Waals surface area contributed by atoms with Gasteiger partial charge in [0, 0.05) is 19.5 Å². The van der Waals surface area contributed by atoms with Gasteiger partial charge in [-0.1, -0.05) is 13.0 Å². The van der Waals surface area contributed by atoms with Crippen LogP contribution in [0.2, 0.25) is 0 Å². The van der Waals surface area contributed by atoms with E-state index >= 15 is 0 Å². The number of H-pyrrole nitrogens is 1. The first kappa shape index (κ1) is 20.9. The summed E-state index contributed by atoms with van der Waals surface area (Å²) >= 11 is 0. The number of carbonyl (C=O) groups is 2. The molecule has 0 radical (unpaired) electrons. The number of aryl methyl sites for hydroxylation is 1. The molecule has 1 aromatic heterocycles. The van der Waals surface area contributed by atoms with E-state index in [-0.39, 0.29) is 23.7 Å². The van der Waals surface area contributed by atoms with Gasteiger partial charge < -0.3 is 20.3 Å². The van der Waals surface area contributed by atoms with Gasteiger partial charge in [0.15, 0.2) is 0 Å². The molecule has 2 aromatic rings. The predicted octanol–water partition coefficient (Wildman–Crippen LogP) is 2.39. The molecule has 4 rings (SSSR count). The van der Waals surface area contributed by atoms with Crippen LogP contribution in [0.3, 0.4) is 0 Å². The Morgan fingerprint density at radius 3 is 2.87 bits per heavy atom. The Labute approximate surface area is 180 Å². The lowest BCUT2D eigenvalue weighted by atomic mass is 9.92. The number of piperidine rings is 1. The van der Waals surface area contributed by atoms with E-state index in [9.17, 15) is 14.4 Å². The standard InChI is InChI=1S/C22H27N5O4/c1-12-6-7-16(31-3)15(9-12)23-20(29)14-10-17(28)24-19-18(14)21(30)26-22(25-19)27-8-4-5-13(2)11-27/h6-7,9,13-14H,4-5,8,10-11H2,1-3H3,(H,23,29)(H2,24,25,26,28,30)/t13-,14-/m0/s1. The molecule has 0 aliphatic carbocycles. The maximum Gasteiger partial charge on any atom is 0.258 e. The molecule has 1 fully saturated rings. The van der Waals surface area contributed by atoms with Gasteiger partial charge in [-0.15, -0.1) is 0 Å². The summed E-state index contributed by atoms with van der Waals surface area (Å²) in [5, 5.41) is 5.48. The van der Waals surface area contributed by atoms with Crippen LogP contribution in [-0.4, -0.2) is 42.0 Å². The Bertz CT molecular complexity index is 1080. The number of nitrogens with one attached hydrogen (secondary N) is 3. The fraction of sp³-hybridized carbons (Fsp3) is 0.455. The molecular weight excluding hydrogens is 398 g/mol. The van der Waals surface area contributed by atoms with Crippen LogP contribution < -0.4 is 25.8 Å². The number of carbonyl (C=O) groups excluding carboxylic acids is 2. The molecule has 3 heterocycles. The lowest BCUT2D eigenvalue weighted by Crippen LogP contribution is -2.40. The third-order valence-electron chi connectivity index (χ3n) is 5.82. The third kappa shape index (κ3) is 4.26. The highest BCUT2D eigenvalue weighted by atomic mass is 16.5. The van der Waals surface area contributed by atoms with E-state index in [4.69, 9.17) is 4.74 Å². The first-order valence-electron chi connectivity index (χ1n) is 10.5. The van der Waals surface area contributed by atoms with Gasteiger partial charge in [-0.3, -0.25) is 19.4 Å². The van der Waals surface area contributed by atoms with Gasteiger partial charge in [0.2, 0.25) is 17.8 Å². The monoisotopic (exact) mass is 425 g/mol. The van der Waals surface area contributed by atoms with Crippen molar-refractivity contribution in [3.05, 3.63) is 39.7 Å². The zero-order valence-corrected chi connectivity index (χ0v) is 17.9. The minimum Gasteiger partial charge on any atom is -0.495 e. The summed E-state index contributed by atoms with van der Waals surface area (Å²) in [6.07, 6.45) is 2.02. The van der Waals surface area contributed by atoms with Crippen molar-refractivity contribution < 1.29 is 14.3 Å². The molecule has 2 aliphatic rings. The van der Waals surface area contributed by atoms with Crippen LogP contribution in [0.4, 0.5) is 17.5 Å². The topological polar surface area (TPSA) is 116 Å². The molecule has 2 amide bonds. The number of ether oxygens (including phenoxy) is 1. The van der Waals surface area contributed by atoms with Crippen molar-refractivity contribution in [2.24, 2.45) is 5.92 Å². The van der Waals surface area contributed by atoms with Crippen molar-refractivity contribution in [3.63, 3.8) is 0 Å². The number of methoxy groups -OCH3 is 1.